The SMILES string of the molecule is CCCCC(=O)C=C(O)C=Cc1ccc(O)c(OCCC)c1. The van der Waals surface area contributed by atoms with Crippen LogP contribution in [-0.2, 0) is 4.79 Å². The van der Waals surface area contributed by atoms with E-state index in [1.165, 1.54) is 18.2 Å². The summed E-state index contributed by atoms with van der Waals surface area (Å²) in [6.45, 7) is 4.52. The van der Waals surface area contributed by atoms with Crippen molar-refractivity contribution in [3.63, 3.8) is 0 Å². The van der Waals surface area contributed by atoms with Crippen molar-refractivity contribution < 1.29 is 19.7 Å². The third kappa shape index (κ3) is 6.48. The van der Waals surface area contributed by atoms with Crippen molar-refractivity contribution in [2.75, 3.05) is 6.61 Å². The van der Waals surface area contributed by atoms with E-state index in [-0.39, 0.29) is 17.3 Å². The Balaban J connectivity index is 2.72. The zero-order chi connectivity index (χ0) is 16.4. The summed E-state index contributed by atoms with van der Waals surface area (Å²) in [6.07, 6.45) is 7.43. The Morgan fingerprint density at radius 3 is 2.73 bits per heavy atom. The molecular weight excluding hydrogens is 280 g/mol. The molecule has 4 heteroatoms. The molecule has 0 saturated heterocycles. The van der Waals surface area contributed by atoms with Gasteiger partial charge in [-0.3, -0.25) is 4.79 Å². The Hall–Kier alpha value is -2.23. The van der Waals surface area contributed by atoms with Gasteiger partial charge in [0.1, 0.15) is 5.76 Å². The van der Waals surface area contributed by atoms with Gasteiger partial charge >= 0.3 is 0 Å². The van der Waals surface area contributed by atoms with Crippen molar-refractivity contribution in [1.82, 2.24) is 0 Å². The Morgan fingerprint density at radius 2 is 2.05 bits per heavy atom. The molecule has 1 aromatic carbocycles. The first kappa shape index (κ1) is 17.8. The second-order valence-electron chi connectivity index (χ2n) is 5.05. The molecule has 22 heavy (non-hydrogen) atoms. The highest BCUT2D eigenvalue weighted by molar-refractivity contribution is 5.90. The standard InChI is InChI=1S/C18H24O4/c1-3-5-6-15(19)13-16(20)9-7-14-8-10-17(21)18(12-14)22-11-4-2/h7-10,12-13,20-21H,3-6,11H2,1-2H3. The maximum atomic E-state index is 11.5. The van der Waals surface area contributed by atoms with Crippen molar-refractivity contribution in [3.8, 4) is 11.5 Å². The number of benzene rings is 1. The number of rotatable bonds is 9. The number of allylic oxidation sites excluding steroid dienone is 2. The molecule has 1 rings (SSSR count). The molecular formula is C18H24O4. The number of carbonyl (C=O) groups is 1. The molecule has 0 spiro atoms. The lowest BCUT2D eigenvalue weighted by Crippen LogP contribution is -1.95. The smallest absolute Gasteiger partial charge is 0.161 e. The van der Waals surface area contributed by atoms with E-state index in [0.29, 0.717) is 18.8 Å². The second-order valence-corrected chi connectivity index (χ2v) is 5.05. The summed E-state index contributed by atoms with van der Waals surface area (Å²) < 4.78 is 5.43. The topological polar surface area (TPSA) is 66.8 Å². The first-order valence-corrected chi connectivity index (χ1v) is 7.64. The van der Waals surface area contributed by atoms with Gasteiger partial charge in [-0.25, -0.2) is 0 Å². The largest absolute Gasteiger partial charge is 0.508 e. The molecule has 0 unspecified atom stereocenters. The summed E-state index contributed by atoms with van der Waals surface area (Å²) >= 11 is 0. The predicted molar refractivity (Wildman–Crippen MR) is 88.2 cm³/mol. The van der Waals surface area contributed by atoms with Gasteiger partial charge in [0, 0.05) is 12.5 Å². The fraction of sp³-hybridized carbons (Fsp3) is 0.389. The van der Waals surface area contributed by atoms with Crippen molar-refractivity contribution in [1.29, 1.82) is 0 Å². The Morgan fingerprint density at radius 1 is 1.27 bits per heavy atom. The average Bonchev–Trinajstić information content (AvgIpc) is 2.50. The maximum Gasteiger partial charge on any atom is 0.161 e. The third-order valence-corrected chi connectivity index (χ3v) is 2.98. The van der Waals surface area contributed by atoms with Gasteiger partial charge in [0.2, 0.25) is 0 Å². The number of aliphatic hydroxyl groups is 1. The second kappa shape index (κ2) is 9.66. The number of carbonyl (C=O) groups excluding carboxylic acids is 1. The lowest BCUT2D eigenvalue weighted by molar-refractivity contribution is -0.114. The number of ether oxygens (including phenoxy) is 1. The van der Waals surface area contributed by atoms with Gasteiger partial charge in [0.25, 0.3) is 0 Å². The highest BCUT2D eigenvalue weighted by Crippen LogP contribution is 2.27. The van der Waals surface area contributed by atoms with Crippen molar-refractivity contribution in [2.45, 2.75) is 39.5 Å². The summed E-state index contributed by atoms with van der Waals surface area (Å²) in [5, 5.41) is 19.4. The minimum absolute atomic E-state index is 0.0785. The van der Waals surface area contributed by atoms with E-state index < -0.39 is 0 Å². The number of hydrogen-bond donors (Lipinski definition) is 2. The molecule has 4 nitrogen and oxygen atoms in total. The molecule has 0 radical (unpaired) electrons. The summed E-state index contributed by atoms with van der Waals surface area (Å²) in [6, 6.07) is 4.93. The molecule has 0 aliphatic heterocycles. The molecule has 0 atom stereocenters. The first-order valence-electron chi connectivity index (χ1n) is 7.64. The highest BCUT2D eigenvalue weighted by atomic mass is 16.5. The summed E-state index contributed by atoms with van der Waals surface area (Å²) in [5.74, 6) is 0.332. The zero-order valence-electron chi connectivity index (χ0n) is 13.2. The molecule has 0 aliphatic carbocycles. The lowest BCUT2D eigenvalue weighted by Gasteiger charge is -2.07. The number of phenolic OH excluding ortho intramolecular Hbond substituents is 1. The minimum atomic E-state index is -0.0818. The predicted octanol–water partition coefficient (Wildman–Crippen LogP) is 4.40. The molecule has 0 heterocycles. The van der Waals surface area contributed by atoms with Crippen LogP contribution in [0.25, 0.3) is 6.08 Å². The van der Waals surface area contributed by atoms with Crippen LogP contribution in [-0.4, -0.2) is 22.6 Å². The van der Waals surface area contributed by atoms with Gasteiger partial charge in [-0.2, -0.15) is 0 Å². The van der Waals surface area contributed by atoms with E-state index in [0.717, 1.165) is 24.8 Å². The van der Waals surface area contributed by atoms with Crippen LogP contribution in [0.5, 0.6) is 11.5 Å². The van der Waals surface area contributed by atoms with Crippen LogP contribution in [0.2, 0.25) is 0 Å². The van der Waals surface area contributed by atoms with Crippen LogP contribution in [0.1, 0.15) is 45.1 Å². The molecule has 0 saturated carbocycles. The summed E-state index contributed by atoms with van der Waals surface area (Å²) in [4.78, 5) is 11.5. The number of unbranched alkanes of at least 4 members (excludes halogenated alkanes) is 1. The first-order chi connectivity index (χ1) is 10.6. The van der Waals surface area contributed by atoms with E-state index in [9.17, 15) is 15.0 Å². The molecule has 0 bridgehead atoms. The third-order valence-electron chi connectivity index (χ3n) is 2.98. The van der Waals surface area contributed by atoms with Gasteiger partial charge in [-0.1, -0.05) is 32.4 Å². The van der Waals surface area contributed by atoms with E-state index in [4.69, 9.17) is 4.74 Å². The maximum absolute atomic E-state index is 11.5. The molecule has 0 fully saturated rings. The van der Waals surface area contributed by atoms with E-state index in [2.05, 4.69) is 0 Å². The van der Waals surface area contributed by atoms with E-state index in [1.807, 2.05) is 13.8 Å². The fourth-order valence-electron chi connectivity index (χ4n) is 1.78. The van der Waals surface area contributed by atoms with Crippen molar-refractivity contribution in [2.24, 2.45) is 0 Å². The molecule has 120 valence electrons. The number of hydrogen-bond acceptors (Lipinski definition) is 4. The van der Waals surface area contributed by atoms with Crippen LogP contribution in [0.4, 0.5) is 0 Å². The number of aliphatic hydroxyl groups excluding tert-OH is 1. The van der Waals surface area contributed by atoms with Gasteiger partial charge in [0.05, 0.1) is 6.61 Å². The van der Waals surface area contributed by atoms with Crippen LogP contribution in [0, 0.1) is 0 Å². The van der Waals surface area contributed by atoms with Gasteiger partial charge < -0.3 is 14.9 Å². The quantitative estimate of drug-likeness (QED) is 0.403. The Labute approximate surface area is 131 Å². The normalized spacial score (nSPS) is 11.8. The van der Waals surface area contributed by atoms with Gasteiger partial charge in [-0.05, 0) is 36.6 Å². The number of ketones is 1. The summed E-state index contributed by atoms with van der Waals surface area (Å²) in [5.41, 5.74) is 0.768. The van der Waals surface area contributed by atoms with Crippen molar-refractivity contribution in [3.05, 3.63) is 41.7 Å². The molecule has 2 N–H and O–H groups in total. The van der Waals surface area contributed by atoms with Gasteiger partial charge in [0.15, 0.2) is 17.3 Å². The number of phenols is 1. The number of aromatic hydroxyl groups is 1. The Kier molecular flexibility index (Phi) is 7.83. The molecule has 0 aromatic heterocycles. The van der Waals surface area contributed by atoms with Crippen LogP contribution in [0.3, 0.4) is 0 Å². The van der Waals surface area contributed by atoms with Crippen molar-refractivity contribution >= 4 is 11.9 Å². The molecule has 1 aromatic rings. The van der Waals surface area contributed by atoms with E-state index in [1.54, 1.807) is 18.2 Å². The lowest BCUT2D eigenvalue weighted by atomic mass is 10.1. The average molecular weight is 304 g/mol. The van der Waals surface area contributed by atoms with E-state index >= 15 is 0 Å². The monoisotopic (exact) mass is 304 g/mol. The minimum Gasteiger partial charge on any atom is -0.508 e. The molecule has 0 amide bonds. The van der Waals surface area contributed by atoms with Crippen LogP contribution in [0.15, 0.2) is 36.1 Å². The van der Waals surface area contributed by atoms with Gasteiger partial charge in [-0.15, -0.1) is 0 Å². The molecule has 0 aliphatic rings. The Bertz CT molecular complexity index is 544. The highest BCUT2D eigenvalue weighted by Gasteiger charge is 2.03. The fourth-order valence-corrected chi connectivity index (χ4v) is 1.78. The van der Waals surface area contributed by atoms with Crippen LogP contribution >= 0.6 is 0 Å². The zero-order valence-corrected chi connectivity index (χ0v) is 13.2. The van der Waals surface area contributed by atoms with Crippen LogP contribution < -0.4 is 4.74 Å². The summed E-state index contributed by atoms with van der Waals surface area (Å²) in [7, 11) is 0.